The molecule has 0 N–H and O–H groups in total. The van der Waals surface area contributed by atoms with Gasteiger partial charge in [-0.25, -0.2) is 9.59 Å². The van der Waals surface area contributed by atoms with E-state index in [1.54, 1.807) is 0 Å². The Hall–Kier alpha value is -1.32. The van der Waals surface area contributed by atoms with Gasteiger partial charge < -0.3 is 9.47 Å². The van der Waals surface area contributed by atoms with E-state index in [9.17, 15) is 9.59 Å². The van der Waals surface area contributed by atoms with Gasteiger partial charge in [0.2, 0.25) is 0 Å². The highest BCUT2D eigenvalue weighted by Crippen LogP contribution is 2.49. The third-order valence-corrected chi connectivity index (χ3v) is 2.94. The number of rotatable bonds is 0. The van der Waals surface area contributed by atoms with Crippen molar-refractivity contribution < 1.29 is 19.1 Å². The SMILES string of the molecule is C=C1C(=O)OC(C(C)(C)C)(C(C)(C)C)OC1=O. The summed E-state index contributed by atoms with van der Waals surface area (Å²) >= 11 is 0. The van der Waals surface area contributed by atoms with E-state index in [1.165, 1.54) is 0 Å². The third kappa shape index (κ3) is 1.96. The van der Waals surface area contributed by atoms with E-state index in [4.69, 9.17) is 9.47 Å². The minimum absolute atomic E-state index is 0.255. The molecule has 1 aliphatic heterocycles. The van der Waals surface area contributed by atoms with Crippen LogP contribution in [0.1, 0.15) is 41.5 Å². The van der Waals surface area contributed by atoms with Crippen LogP contribution in [-0.4, -0.2) is 17.7 Å². The Kier molecular flexibility index (Phi) is 2.90. The molecule has 17 heavy (non-hydrogen) atoms. The molecule has 1 heterocycles. The number of carbonyl (C=O) groups excluding carboxylic acids is 2. The number of hydrogen-bond donors (Lipinski definition) is 0. The fourth-order valence-corrected chi connectivity index (χ4v) is 2.23. The Balaban J connectivity index is 3.34. The zero-order valence-corrected chi connectivity index (χ0v) is 11.3. The van der Waals surface area contributed by atoms with E-state index in [1.807, 2.05) is 41.5 Å². The molecule has 0 atom stereocenters. The Morgan fingerprint density at radius 2 is 1.18 bits per heavy atom. The summed E-state index contributed by atoms with van der Waals surface area (Å²) in [5, 5.41) is 0. The molecule has 4 nitrogen and oxygen atoms in total. The van der Waals surface area contributed by atoms with Gasteiger partial charge in [-0.15, -0.1) is 0 Å². The van der Waals surface area contributed by atoms with Crippen LogP contribution in [0.5, 0.6) is 0 Å². The fraction of sp³-hybridized carbons (Fsp3) is 0.692. The Morgan fingerprint density at radius 1 is 0.882 bits per heavy atom. The molecule has 1 saturated heterocycles. The smallest absolute Gasteiger partial charge is 0.348 e. The highest BCUT2D eigenvalue weighted by atomic mass is 16.7. The summed E-state index contributed by atoms with van der Waals surface area (Å²) in [5.74, 6) is -2.69. The lowest BCUT2D eigenvalue weighted by Gasteiger charge is -2.51. The molecule has 0 aromatic carbocycles. The lowest BCUT2D eigenvalue weighted by molar-refractivity contribution is -0.310. The van der Waals surface area contributed by atoms with Crippen molar-refractivity contribution in [3.8, 4) is 0 Å². The zero-order chi connectivity index (χ0) is 13.6. The first-order valence-electron chi connectivity index (χ1n) is 5.58. The van der Waals surface area contributed by atoms with Crippen LogP contribution in [0.4, 0.5) is 0 Å². The molecule has 1 rings (SSSR count). The van der Waals surface area contributed by atoms with Gasteiger partial charge in [-0.2, -0.15) is 0 Å². The molecule has 0 bridgehead atoms. The number of cyclic esters (lactones) is 2. The Morgan fingerprint density at radius 3 is 1.41 bits per heavy atom. The Bertz CT molecular complexity index is 343. The van der Waals surface area contributed by atoms with Crippen LogP contribution < -0.4 is 0 Å². The van der Waals surface area contributed by atoms with Crippen LogP contribution >= 0.6 is 0 Å². The lowest BCUT2D eigenvalue weighted by Crippen LogP contribution is -2.61. The molecule has 0 amide bonds. The molecule has 1 aliphatic rings. The van der Waals surface area contributed by atoms with E-state index in [0.29, 0.717) is 0 Å². The van der Waals surface area contributed by atoms with Crippen LogP contribution in [0.25, 0.3) is 0 Å². The van der Waals surface area contributed by atoms with Gasteiger partial charge in [0, 0.05) is 10.8 Å². The predicted molar refractivity (Wildman–Crippen MR) is 63.0 cm³/mol. The van der Waals surface area contributed by atoms with E-state index in [0.717, 1.165) is 0 Å². The standard InChI is InChI=1S/C13H20O4/c1-8-9(14)16-13(11(2,3)4,12(5,6)7)17-10(8)15/h1H2,2-7H3. The molecule has 0 spiro atoms. The molecule has 0 aliphatic carbocycles. The van der Waals surface area contributed by atoms with Gasteiger partial charge in [0.25, 0.3) is 5.79 Å². The molecule has 4 heteroatoms. The normalized spacial score (nSPS) is 20.9. The average molecular weight is 240 g/mol. The maximum Gasteiger partial charge on any atom is 0.348 e. The molecule has 0 radical (unpaired) electrons. The van der Waals surface area contributed by atoms with Gasteiger partial charge in [0.1, 0.15) is 5.57 Å². The lowest BCUT2D eigenvalue weighted by atomic mass is 9.70. The Labute approximate surface area is 102 Å². The van der Waals surface area contributed by atoms with Crippen molar-refractivity contribution in [2.24, 2.45) is 10.8 Å². The van der Waals surface area contributed by atoms with Crippen LogP contribution in [0.3, 0.4) is 0 Å². The molecule has 0 aromatic heterocycles. The number of hydrogen-bond acceptors (Lipinski definition) is 4. The highest BCUT2D eigenvalue weighted by Gasteiger charge is 2.60. The first kappa shape index (κ1) is 13.7. The van der Waals surface area contributed by atoms with Gasteiger partial charge >= 0.3 is 11.9 Å². The zero-order valence-electron chi connectivity index (χ0n) is 11.3. The molecule has 1 fully saturated rings. The van der Waals surface area contributed by atoms with Crippen molar-refractivity contribution >= 4 is 11.9 Å². The van der Waals surface area contributed by atoms with Crippen molar-refractivity contribution in [1.29, 1.82) is 0 Å². The van der Waals surface area contributed by atoms with Gasteiger partial charge in [0.15, 0.2) is 0 Å². The molecular formula is C13H20O4. The van der Waals surface area contributed by atoms with Crippen molar-refractivity contribution in [3.63, 3.8) is 0 Å². The van der Waals surface area contributed by atoms with Crippen LogP contribution in [-0.2, 0) is 19.1 Å². The monoisotopic (exact) mass is 240 g/mol. The quantitative estimate of drug-likeness (QED) is 0.371. The minimum Gasteiger partial charge on any atom is -0.418 e. The largest absolute Gasteiger partial charge is 0.418 e. The average Bonchev–Trinajstić information content (AvgIpc) is 2.09. The highest BCUT2D eigenvalue weighted by molar-refractivity contribution is 6.14. The van der Waals surface area contributed by atoms with Crippen LogP contribution in [0, 0.1) is 10.8 Å². The molecule has 96 valence electrons. The number of carbonyl (C=O) groups is 2. The second-order valence-electron chi connectivity index (χ2n) is 6.37. The summed E-state index contributed by atoms with van der Waals surface area (Å²) < 4.78 is 10.8. The molecule has 0 unspecified atom stereocenters. The van der Waals surface area contributed by atoms with E-state index < -0.39 is 28.6 Å². The van der Waals surface area contributed by atoms with E-state index in [2.05, 4.69) is 6.58 Å². The summed E-state index contributed by atoms with van der Waals surface area (Å²) in [5.41, 5.74) is -1.32. The van der Waals surface area contributed by atoms with Crippen molar-refractivity contribution in [1.82, 2.24) is 0 Å². The third-order valence-electron chi connectivity index (χ3n) is 2.94. The van der Waals surface area contributed by atoms with E-state index in [-0.39, 0.29) is 5.57 Å². The molecule has 0 aromatic rings. The topological polar surface area (TPSA) is 52.6 Å². The number of ether oxygens (including phenoxy) is 2. The van der Waals surface area contributed by atoms with Crippen LogP contribution in [0.2, 0.25) is 0 Å². The predicted octanol–water partition coefficient (Wildman–Crippen LogP) is 2.43. The molecular weight excluding hydrogens is 220 g/mol. The fourth-order valence-electron chi connectivity index (χ4n) is 2.23. The maximum atomic E-state index is 11.7. The van der Waals surface area contributed by atoms with Gasteiger partial charge in [-0.3, -0.25) is 0 Å². The summed E-state index contributed by atoms with van der Waals surface area (Å²) in [6, 6.07) is 0. The minimum atomic E-state index is -1.28. The molecule has 0 saturated carbocycles. The number of esters is 2. The van der Waals surface area contributed by atoms with Crippen molar-refractivity contribution in [2.45, 2.75) is 47.3 Å². The first-order chi connectivity index (χ1) is 7.42. The van der Waals surface area contributed by atoms with E-state index >= 15 is 0 Å². The second-order valence-corrected chi connectivity index (χ2v) is 6.37. The van der Waals surface area contributed by atoms with Crippen molar-refractivity contribution in [3.05, 3.63) is 12.2 Å². The summed E-state index contributed by atoms with van der Waals surface area (Å²) in [4.78, 5) is 23.4. The summed E-state index contributed by atoms with van der Waals surface area (Å²) in [7, 11) is 0. The van der Waals surface area contributed by atoms with Crippen LogP contribution in [0.15, 0.2) is 12.2 Å². The summed E-state index contributed by atoms with van der Waals surface area (Å²) in [6.45, 7) is 14.6. The van der Waals surface area contributed by atoms with Gasteiger partial charge in [-0.1, -0.05) is 48.1 Å². The van der Waals surface area contributed by atoms with Gasteiger partial charge in [0.05, 0.1) is 0 Å². The van der Waals surface area contributed by atoms with Gasteiger partial charge in [-0.05, 0) is 0 Å². The summed E-state index contributed by atoms with van der Waals surface area (Å²) in [6.07, 6.45) is 0. The maximum absolute atomic E-state index is 11.7. The first-order valence-corrected chi connectivity index (χ1v) is 5.58. The second kappa shape index (κ2) is 3.59. The van der Waals surface area contributed by atoms with Crippen molar-refractivity contribution in [2.75, 3.05) is 0 Å².